The highest BCUT2D eigenvalue weighted by Gasteiger charge is 2.16. The summed E-state index contributed by atoms with van der Waals surface area (Å²) in [5.41, 5.74) is 1.99. The molecule has 1 atom stereocenters. The van der Waals surface area contributed by atoms with Crippen molar-refractivity contribution in [1.29, 1.82) is 0 Å². The maximum absolute atomic E-state index is 12.4. The van der Waals surface area contributed by atoms with Gasteiger partial charge in [0.2, 0.25) is 6.10 Å². The number of alkyl halides is 2. The number of anilines is 1. The van der Waals surface area contributed by atoms with Crippen LogP contribution in [0.4, 0.5) is 14.5 Å². The van der Waals surface area contributed by atoms with Gasteiger partial charge in [0, 0.05) is 5.56 Å². The molecular formula is C20H22F2N2O5. The molecule has 156 valence electrons. The van der Waals surface area contributed by atoms with Gasteiger partial charge >= 0.3 is 6.61 Å². The van der Waals surface area contributed by atoms with Crippen molar-refractivity contribution in [3.63, 3.8) is 0 Å². The second-order valence-electron chi connectivity index (χ2n) is 5.96. The zero-order chi connectivity index (χ0) is 21.4. The van der Waals surface area contributed by atoms with Crippen LogP contribution in [0.5, 0.6) is 17.2 Å². The highest BCUT2D eigenvalue weighted by molar-refractivity contribution is 5.95. The third-order valence-corrected chi connectivity index (χ3v) is 3.81. The molecule has 1 amide bonds. The van der Waals surface area contributed by atoms with Crippen molar-refractivity contribution in [2.45, 2.75) is 26.6 Å². The quantitative estimate of drug-likeness (QED) is 0.501. The number of benzene rings is 2. The second kappa shape index (κ2) is 10.3. The van der Waals surface area contributed by atoms with Gasteiger partial charge in [-0.05, 0) is 49.7 Å². The monoisotopic (exact) mass is 408 g/mol. The molecule has 0 aliphatic heterocycles. The minimum atomic E-state index is -2.96. The van der Waals surface area contributed by atoms with E-state index in [1.165, 1.54) is 45.6 Å². The number of amides is 1. The number of oxime groups is 1. The molecule has 9 heteroatoms. The number of nitrogens with zero attached hydrogens (tertiary/aromatic N) is 1. The van der Waals surface area contributed by atoms with E-state index in [-0.39, 0.29) is 11.5 Å². The third-order valence-electron chi connectivity index (χ3n) is 3.81. The Kier molecular flexibility index (Phi) is 7.76. The number of carbonyl (C=O) groups is 1. The van der Waals surface area contributed by atoms with Crippen LogP contribution in [0.3, 0.4) is 0 Å². The van der Waals surface area contributed by atoms with E-state index in [1.54, 1.807) is 12.1 Å². The molecule has 29 heavy (non-hydrogen) atoms. The molecule has 0 fully saturated rings. The lowest BCUT2D eigenvalue weighted by atomic mass is 10.2. The summed E-state index contributed by atoms with van der Waals surface area (Å²) in [4.78, 5) is 17.5. The van der Waals surface area contributed by atoms with Gasteiger partial charge in [-0.2, -0.15) is 8.78 Å². The zero-order valence-corrected chi connectivity index (χ0v) is 16.4. The molecule has 0 spiro atoms. The summed E-state index contributed by atoms with van der Waals surface area (Å²) in [5, 5.41) is 6.49. The smallest absolute Gasteiger partial charge is 0.387 e. The van der Waals surface area contributed by atoms with Crippen molar-refractivity contribution in [2.75, 3.05) is 19.5 Å². The van der Waals surface area contributed by atoms with E-state index in [4.69, 9.17) is 14.3 Å². The average Bonchev–Trinajstić information content (AvgIpc) is 2.68. The molecule has 2 aromatic carbocycles. The fraction of sp³-hybridized carbons (Fsp3) is 0.300. The van der Waals surface area contributed by atoms with E-state index in [2.05, 4.69) is 15.2 Å². The van der Waals surface area contributed by atoms with Crippen molar-refractivity contribution in [3.05, 3.63) is 47.5 Å². The highest BCUT2D eigenvalue weighted by atomic mass is 19.3. The molecule has 0 heterocycles. The highest BCUT2D eigenvalue weighted by Crippen LogP contribution is 2.29. The minimum Gasteiger partial charge on any atom is -0.495 e. The Bertz CT molecular complexity index is 874. The van der Waals surface area contributed by atoms with E-state index in [1.807, 2.05) is 13.0 Å². The van der Waals surface area contributed by atoms with Crippen molar-refractivity contribution in [2.24, 2.45) is 5.16 Å². The van der Waals surface area contributed by atoms with Crippen molar-refractivity contribution < 1.29 is 32.6 Å². The number of nitrogens with one attached hydrogen (secondary N) is 1. The first-order chi connectivity index (χ1) is 13.8. The first-order valence-corrected chi connectivity index (χ1v) is 8.61. The Morgan fingerprint density at radius 1 is 1.07 bits per heavy atom. The van der Waals surface area contributed by atoms with Gasteiger partial charge in [0.05, 0.1) is 26.1 Å². The van der Waals surface area contributed by atoms with Gasteiger partial charge in [-0.3, -0.25) is 4.79 Å². The molecule has 0 saturated heterocycles. The van der Waals surface area contributed by atoms with Crippen molar-refractivity contribution in [1.82, 2.24) is 0 Å². The maximum atomic E-state index is 12.4. The number of hydrogen-bond acceptors (Lipinski definition) is 6. The number of ether oxygens (including phenoxy) is 3. The molecule has 0 aromatic heterocycles. The predicted molar refractivity (Wildman–Crippen MR) is 104 cm³/mol. The lowest BCUT2D eigenvalue weighted by molar-refractivity contribution is -0.126. The van der Waals surface area contributed by atoms with Crippen LogP contribution >= 0.6 is 0 Å². The molecule has 1 N–H and O–H groups in total. The van der Waals surface area contributed by atoms with Crippen LogP contribution in [-0.4, -0.2) is 39.1 Å². The fourth-order valence-electron chi connectivity index (χ4n) is 2.34. The first kappa shape index (κ1) is 21.9. The number of aryl methyl sites for hydroxylation is 1. The van der Waals surface area contributed by atoms with Gasteiger partial charge in [-0.15, -0.1) is 0 Å². The van der Waals surface area contributed by atoms with Crippen LogP contribution in [0.25, 0.3) is 0 Å². The Labute approximate surface area is 167 Å². The van der Waals surface area contributed by atoms with Gasteiger partial charge in [-0.25, -0.2) is 0 Å². The summed E-state index contributed by atoms with van der Waals surface area (Å²) in [5.74, 6) is 0.133. The molecule has 0 aliphatic rings. The Morgan fingerprint density at radius 3 is 2.41 bits per heavy atom. The normalized spacial score (nSPS) is 12.0. The summed E-state index contributed by atoms with van der Waals surface area (Å²) >= 11 is 0. The number of hydrogen-bond donors (Lipinski definition) is 1. The standard InChI is InChI=1S/C20H22F2N2O5/c1-12-5-7-16(26-3)15(9-12)24-19(25)13(2)29-23-11-14-6-8-17(28-20(21)22)18(10-14)27-4/h5-11,13,20H,1-4H3,(H,24,25)/b23-11+. The van der Waals surface area contributed by atoms with E-state index >= 15 is 0 Å². The van der Waals surface area contributed by atoms with Gasteiger partial charge in [0.25, 0.3) is 5.91 Å². The summed E-state index contributed by atoms with van der Waals surface area (Å²) in [6.45, 7) is 0.471. The Hall–Kier alpha value is -3.36. The minimum absolute atomic E-state index is 0.0968. The van der Waals surface area contributed by atoms with Gasteiger partial charge in [0.15, 0.2) is 11.5 Å². The maximum Gasteiger partial charge on any atom is 0.387 e. The predicted octanol–water partition coefficient (Wildman–Crippen LogP) is 3.99. The number of halogens is 2. The van der Waals surface area contributed by atoms with Crippen LogP contribution in [0, 0.1) is 6.92 Å². The summed E-state index contributed by atoms with van der Waals surface area (Å²) in [6, 6.07) is 9.67. The second-order valence-corrected chi connectivity index (χ2v) is 5.96. The fourth-order valence-corrected chi connectivity index (χ4v) is 2.34. The molecule has 0 bridgehead atoms. The molecule has 0 radical (unpaired) electrons. The number of carbonyl (C=O) groups excluding carboxylic acids is 1. The van der Waals surface area contributed by atoms with Gasteiger partial charge < -0.3 is 24.4 Å². The molecule has 0 saturated carbocycles. The number of rotatable bonds is 9. The third kappa shape index (κ3) is 6.34. The average molecular weight is 408 g/mol. The molecule has 2 rings (SSSR count). The van der Waals surface area contributed by atoms with E-state index in [0.29, 0.717) is 17.0 Å². The first-order valence-electron chi connectivity index (χ1n) is 8.61. The lowest BCUT2D eigenvalue weighted by Crippen LogP contribution is -2.26. The van der Waals surface area contributed by atoms with E-state index in [9.17, 15) is 13.6 Å². The molecule has 7 nitrogen and oxygen atoms in total. The zero-order valence-electron chi connectivity index (χ0n) is 16.4. The van der Waals surface area contributed by atoms with Crippen LogP contribution in [-0.2, 0) is 9.63 Å². The lowest BCUT2D eigenvalue weighted by Gasteiger charge is -2.14. The van der Waals surface area contributed by atoms with Crippen molar-refractivity contribution >= 4 is 17.8 Å². The van der Waals surface area contributed by atoms with Crippen LogP contribution in [0.2, 0.25) is 0 Å². The summed E-state index contributed by atoms with van der Waals surface area (Å²) in [7, 11) is 2.84. The van der Waals surface area contributed by atoms with Crippen molar-refractivity contribution in [3.8, 4) is 17.2 Å². The summed E-state index contributed by atoms with van der Waals surface area (Å²) < 4.78 is 39.3. The van der Waals surface area contributed by atoms with E-state index in [0.717, 1.165) is 5.56 Å². The van der Waals surface area contributed by atoms with Crippen LogP contribution in [0.1, 0.15) is 18.1 Å². The van der Waals surface area contributed by atoms with E-state index < -0.39 is 18.6 Å². The molecule has 0 aliphatic carbocycles. The molecule has 1 unspecified atom stereocenters. The number of methoxy groups -OCH3 is 2. The van der Waals surface area contributed by atoms with Gasteiger partial charge in [0.1, 0.15) is 5.75 Å². The Morgan fingerprint density at radius 2 is 1.76 bits per heavy atom. The topological polar surface area (TPSA) is 78.4 Å². The van der Waals surface area contributed by atoms with Gasteiger partial charge in [-0.1, -0.05) is 11.2 Å². The largest absolute Gasteiger partial charge is 0.495 e. The summed E-state index contributed by atoms with van der Waals surface area (Å²) in [6.07, 6.45) is 0.436. The molecule has 2 aromatic rings. The Balaban J connectivity index is 1.99. The van der Waals surface area contributed by atoms with Crippen LogP contribution in [0.15, 0.2) is 41.6 Å². The molecular weight excluding hydrogens is 386 g/mol. The SMILES string of the molecule is COc1ccc(C)cc1NC(=O)C(C)O/N=C/c1ccc(OC(F)F)c(OC)c1. The van der Waals surface area contributed by atoms with Crippen LogP contribution < -0.4 is 19.5 Å².